The van der Waals surface area contributed by atoms with Crippen LogP contribution in [-0.2, 0) is 14.8 Å². The Morgan fingerprint density at radius 3 is 2.46 bits per heavy atom. The minimum atomic E-state index is -3.88. The zero-order chi connectivity index (χ0) is 17.8. The van der Waals surface area contributed by atoms with Gasteiger partial charge in [-0.1, -0.05) is 25.4 Å². The summed E-state index contributed by atoms with van der Waals surface area (Å²) in [7, 11) is -1.23. The molecule has 0 saturated heterocycles. The first-order valence-electron chi connectivity index (χ1n) is 7.21. The Balaban J connectivity index is 0.00000529. The monoisotopic (exact) mass is 398 g/mol. The number of carbonyl (C=O) groups is 1. The predicted molar refractivity (Wildman–Crippen MR) is 97.3 cm³/mol. The Morgan fingerprint density at radius 1 is 1.38 bits per heavy atom. The number of hydrogen-bond donors (Lipinski definition) is 1. The molecule has 0 spiro atoms. The van der Waals surface area contributed by atoms with Crippen LogP contribution in [0.3, 0.4) is 0 Å². The Kier molecular flexibility index (Phi) is 9.24. The highest BCUT2D eigenvalue weighted by Gasteiger charge is 2.27. The number of carbonyl (C=O) groups excluding carboxylic acids is 1. The van der Waals surface area contributed by atoms with Gasteiger partial charge in [0.25, 0.3) is 0 Å². The van der Waals surface area contributed by atoms with E-state index in [4.69, 9.17) is 17.3 Å². The quantitative estimate of drug-likeness (QED) is 0.712. The highest BCUT2D eigenvalue weighted by molar-refractivity contribution is 7.89. The Bertz CT molecular complexity index is 665. The Labute approximate surface area is 154 Å². The molecule has 24 heavy (non-hydrogen) atoms. The molecule has 0 saturated carbocycles. The summed E-state index contributed by atoms with van der Waals surface area (Å²) < 4.78 is 31.3. The second kappa shape index (κ2) is 9.58. The van der Waals surface area contributed by atoms with Gasteiger partial charge >= 0.3 is 5.97 Å². The molecule has 1 rings (SSSR count). The van der Waals surface area contributed by atoms with Crippen LogP contribution in [0.1, 0.15) is 30.6 Å². The topological polar surface area (TPSA) is 89.7 Å². The molecular formula is C15H24Cl2N2O4S. The van der Waals surface area contributed by atoms with E-state index in [9.17, 15) is 13.2 Å². The number of methoxy groups -OCH3 is 1. The Morgan fingerprint density at radius 2 is 1.96 bits per heavy atom. The molecule has 0 amide bonds. The molecule has 2 N–H and O–H groups in total. The lowest BCUT2D eigenvalue weighted by Crippen LogP contribution is -2.35. The van der Waals surface area contributed by atoms with Gasteiger partial charge in [0.05, 0.1) is 17.6 Å². The van der Waals surface area contributed by atoms with Crippen LogP contribution in [0.25, 0.3) is 0 Å². The van der Waals surface area contributed by atoms with Gasteiger partial charge in [-0.3, -0.25) is 0 Å². The van der Waals surface area contributed by atoms with Crippen molar-refractivity contribution in [2.24, 2.45) is 11.7 Å². The SMILES string of the molecule is COC(=O)c1ccc(Cl)cc1S(=O)(=O)N(C)CCC(N)C(C)C.Cl. The summed E-state index contributed by atoms with van der Waals surface area (Å²) in [5.41, 5.74) is 5.91. The van der Waals surface area contributed by atoms with Crippen molar-refractivity contribution >= 4 is 40.0 Å². The van der Waals surface area contributed by atoms with Crippen molar-refractivity contribution in [3.05, 3.63) is 28.8 Å². The van der Waals surface area contributed by atoms with Gasteiger partial charge in [0.2, 0.25) is 10.0 Å². The minimum Gasteiger partial charge on any atom is -0.465 e. The van der Waals surface area contributed by atoms with Crippen molar-refractivity contribution < 1.29 is 17.9 Å². The number of esters is 1. The third kappa shape index (κ3) is 5.60. The molecule has 138 valence electrons. The van der Waals surface area contributed by atoms with E-state index in [1.54, 1.807) is 0 Å². The van der Waals surface area contributed by atoms with Crippen molar-refractivity contribution in [2.75, 3.05) is 20.7 Å². The molecule has 0 radical (unpaired) electrons. The average Bonchev–Trinajstić information content (AvgIpc) is 2.50. The smallest absolute Gasteiger partial charge is 0.339 e. The van der Waals surface area contributed by atoms with Crippen molar-refractivity contribution in [2.45, 2.75) is 31.2 Å². The van der Waals surface area contributed by atoms with Crippen LogP contribution >= 0.6 is 24.0 Å². The number of nitrogens with zero attached hydrogens (tertiary/aromatic N) is 1. The van der Waals surface area contributed by atoms with Crippen LogP contribution < -0.4 is 5.73 Å². The second-order valence-electron chi connectivity index (χ2n) is 5.66. The standard InChI is InChI=1S/C15H23ClN2O4S.ClH/c1-10(2)13(17)7-8-18(3)23(20,21)14-9-11(16)5-6-12(14)15(19)22-4;/h5-6,9-10,13H,7-8,17H2,1-4H3;1H. The van der Waals surface area contributed by atoms with E-state index in [1.165, 1.54) is 36.7 Å². The number of rotatable bonds is 7. The molecular weight excluding hydrogens is 375 g/mol. The molecule has 1 atom stereocenters. The molecule has 6 nitrogen and oxygen atoms in total. The molecule has 1 aromatic carbocycles. The van der Waals surface area contributed by atoms with Crippen molar-refractivity contribution in [1.29, 1.82) is 0 Å². The summed E-state index contributed by atoms with van der Waals surface area (Å²) in [4.78, 5) is 11.6. The van der Waals surface area contributed by atoms with Crippen LogP contribution in [0.15, 0.2) is 23.1 Å². The summed E-state index contributed by atoms with van der Waals surface area (Å²) in [6, 6.07) is 3.94. The lowest BCUT2D eigenvalue weighted by molar-refractivity contribution is 0.0596. The lowest BCUT2D eigenvalue weighted by atomic mass is 10.0. The van der Waals surface area contributed by atoms with Crippen LogP contribution in [0.2, 0.25) is 5.02 Å². The van der Waals surface area contributed by atoms with E-state index >= 15 is 0 Å². The van der Waals surface area contributed by atoms with E-state index in [1.807, 2.05) is 13.8 Å². The number of nitrogens with two attached hydrogens (primary N) is 1. The summed E-state index contributed by atoms with van der Waals surface area (Å²) in [5, 5.41) is 0.225. The summed E-state index contributed by atoms with van der Waals surface area (Å²) in [6.45, 7) is 4.20. The zero-order valence-corrected chi connectivity index (χ0v) is 16.5. The first-order chi connectivity index (χ1) is 10.6. The van der Waals surface area contributed by atoms with E-state index < -0.39 is 16.0 Å². The van der Waals surface area contributed by atoms with Crippen LogP contribution in [0.5, 0.6) is 0 Å². The summed E-state index contributed by atoms with van der Waals surface area (Å²) in [6.07, 6.45) is 0.515. The van der Waals surface area contributed by atoms with Gasteiger partial charge in [-0.25, -0.2) is 17.5 Å². The molecule has 9 heteroatoms. The normalized spacial score (nSPS) is 12.8. The van der Waals surface area contributed by atoms with Crippen molar-refractivity contribution in [3.63, 3.8) is 0 Å². The fraction of sp³-hybridized carbons (Fsp3) is 0.533. The summed E-state index contributed by atoms with van der Waals surface area (Å²) in [5.74, 6) is -0.476. The minimum absolute atomic E-state index is 0. The number of hydrogen-bond acceptors (Lipinski definition) is 5. The molecule has 0 aromatic heterocycles. The van der Waals surface area contributed by atoms with Gasteiger partial charge in [0.15, 0.2) is 0 Å². The van der Waals surface area contributed by atoms with Gasteiger partial charge in [-0.05, 0) is 30.5 Å². The molecule has 0 aliphatic carbocycles. The molecule has 0 bridgehead atoms. The van der Waals surface area contributed by atoms with E-state index in [2.05, 4.69) is 4.74 Å². The van der Waals surface area contributed by atoms with Crippen LogP contribution in [0.4, 0.5) is 0 Å². The lowest BCUT2D eigenvalue weighted by Gasteiger charge is -2.22. The highest BCUT2D eigenvalue weighted by Crippen LogP contribution is 2.24. The van der Waals surface area contributed by atoms with Crippen molar-refractivity contribution in [3.8, 4) is 0 Å². The van der Waals surface area contributed by atoms with Crippen LogP contribution in [0, 0.1) is 5.92 Å². The molecule has 0 fully saturated rings. The first-order valence-corrected chi connectivity index (χ1v) is 9.02. The van der Waals surface area contributed by atoms with E-state index in [-0.39, 0.29) is 46.4 Å². The highest BCUT2D eigenvalue weighted by atomic mass is 35.5. The van der Waals surface area contributed by atoms with E-state index in [0.717, 1.165) is 0 Å². The second-order valence-corrected chi connectivity index (χ2v) is 8.10. The number of sulfonamides is 1. The van der Waals surface area contributed by atoms with Crippen LogP contribution in [-0.4, -0.2) is 45.4 Å². The molecule has 1 unspecified atom stereocenters. The molecule has 0 aliphatic heterocycles. The summed E-state index contributed by atoms with van der Waals surface area (Å²) >= 11 is 5.89. The van der Waals surface area contributed by atoms with Gasteiger partial charge < -0.3 is 10.5 Å². The maximum Gasteiger partial charge on any atom is 0.339 e. The van der Waals surface area contributed by atoms with Gasteiger partial charge in [0, 0.05) is 24.7 Å². The third-order valence-corrected chi connectivity index (χ3v) is 5.80. The fourth-order valence-corrected chi connectivity index (χ4v) is 3.56. The molecule has 1 aromatic rings. The Hall–Kier alpha value is -0.860. The van der Waals surface area contributed by atoms with Crippen molar-refractivity contribution in [1.82, 2.24) is 4.31 Å². The molecule has 0 heterocycles. The average molecular weight is 399 g/mol. The molecule has 0 aliphatic rings. The zero-order valence-electron chi connectivity index (χ0n) is 14.2. The predicted octanol–water partition coefficient (Wildman–Crippen LogP) is 2.54. The number of ether oxygens (including phenoxy) is 1. The fourth-order valence-electron chi connectivity index (χ4n) is 1.94. The maximum atomic E-state index is 12.7. The van der Waals surface area contributed by atoms with Gasteiger partial charge in [-0.2, -0.15) is 0 Å². The van der Waals surface area contributed by atoms with Gasteiger partial charge in [-0.15, -0.1) is 12.4 Å². The third-order valence-electron chi connectivity index (χ3n) is 3.67. The largest absolute Gasteiger partial charge is 0.465 e. The number of benzene rings is 1. The van der Waals surface area contributed by atoms with E-state index in [0.29, 0.717) is 6.42 Å². The van der Waals surface area contributed by atoms with Gasteiger partial charge in [0.1, 0.15) is 0 Å². The first kappa shape index (κ1) is 23.1. The number of halogens is 2. The maximum absolute atomic E-state index is 12.7.